The highest BCUT2D eigenvalue weighted by Gasteiger charge is 2.35. The summed E-state index contributed by atoms with van der Waals surface area (Å²) >= 11 is 0. The van der Waals surface area contributed by atoms with Crippen molar-refractivity contribution in [3.05, 3.63) is 39.9 Å². The van der Waals surface area contributed by atoms with Gasteiger partial charge < -0.3 is 0 Å². The first-order valence-corrected chi connectivity index (χ1v) is 7.27. The molecule has 0 saturated carbocycles. The highest BCUT2D eigenvalue weighted by atomic mass is 32.2. The smallest absolute Gasteiger partial charge is 0.222 e. The first-order chi connectivity index (χ1) is 8.74. The fourth-order valence-electron chi connectivity index (χ4n) is 1.53. The summed E-state index contributed by atoms with van der Waals surface area (Å²) in [7, 11) is -1.45. The fraction of sp³-hybridized carbons (Fsp3) is 0.538. The lowest BCUT2D eigenvalue weighted by molar-refractivity contribution is -0.491. The molecule has 0 fully saturated rings. The largest absolute Gasteiger partial charge is 0.264 e. The van der Waals surface area contributed by atoms with Gasteiger partial charge in [0.15, 0.2) is 0 Å². The number of rotatable bonds is 6. The maximum atomic E-state index is 12.2. The van der Waals surface area contributed by atoms with Crippen molar-refractivity contribution in [1.82, 2.24) is 4.72 Å². The van der Waals surface area contributed by atoms with Gasteiger partial charge in [0.2, 0.25) is 6.54 Å². The van der Waals surface area contributed by atoms with Crippen LogP contribution in [0.2, 0.25) is 0 Å². The molecule has 0 aliphatic carbocycles. The summed E-state index contributed by atoms with van der Waals surface area (Å²) in [4.78, 5) is 11.0. The van der Waals surface area contributed by atoms with Crippen LogP contribution in [-0.4, -0.2) is 21.2 Å². The van der Waals surface area contributed by atoms with Crippen LogP contribution in [0.4, 0.5) is 0 Å². The normalized spacial score (nSPS) is 16.1. The second kappa shape index (κ2) is 6.25. The number of benzene rings is 1. The Kier molecular flexibility index (Phi) is 5.20. The molecule has 19 heavy (non-hydrogen) atoms. The number of nitrogens with one attached hydrogen (secondary N) is 1. The van der Waals surface area contributed by atoms with E-state index in [1.165, 1.54) is 0 Å². The Morgan fingerprint density at radius 2 is 1.89 bits per heavy atom. The molecule has 1 N–H and O–H groups in total. The Balaban J connectivity index is 2.88. The van der Waals surface area contributed by atoms with Crippen LogP contribution < -0.4 is 4.72 Å². The first-order valence-electron chi connectivity index (χ1n) is 6.12. The highest BCUT2D eigenvalue weighted by Crippen LogP contribution is 2.19. The molecular weight excluding hydrogens is 264 g/mol. The SMILES string of the molecule is Cc1ccc([S@](=O)N[C@](C)(C[N+](=O)[O-])C(C)C)cc1. The number of hydrogen-bond acceptors (Lipinski definition) is 3. The number of aryl methyl sites for hydroxylation is 1. The maximum Gasteiger partial charge on any atom is 0.222 e. The zero-order chi connectivity index (χ0) is 14.6. The Labute approximate surface area is 116 Å². The van der Waals surface area contributed by atoms with E-state index in [2.05, 4.69) is 4.72 Å². The van der Waals surface area contributed by atoms with Crippen molar-refractivity contribution in [2.24, 2.45) is 5.92 Å². The second-order valence-electron chi connectivity index (χ2n) is 5.25. The third-order valence-corrected chi connectivity index (χ3v) is 4.64. The highest BCUT2D eigenvalue weighted by molar-refractivity contribution is 7.83. The lowest BCUT2D eigenvalue weighted by atomic mass is 9.90. The molecule has 1 rings (SSSR count). The van der Waals surface area contributed by atoms with Crippen molar-refractivity contribution >= 4 is 11.0 Å². The maximum absolute atomic E-state index is 12.2. The lowest BCUT2D eigenvalue weighted by Crippen LogP contribution is -2.52. The molecule has 0 spiro atoms. The zero-order valence-electron chi connectivity index (χ0n) is 11.7. The van der Waals surface area contributed by atoms with Crippen molar-refractivity contribution < 1.29 is 9.13 Å². The van der Waals surface area contributed by atoms with Gasteiger partial charge in [-0.15, -0.1) is 0 Å². The summed E-state index contributed by atoms with van der Waals surface area (Å²) in [5.41, 5.74) is 0.275. The summed E-state index contributed by atoms with van der Waals surface area (Å²) in [5, 5.41) is 10.7. The molecule has 0 bridgehead atoms. The van der Waals surface area contributed by atoms with Crippen molar-refractivity contribution in [1.29, 1.82) is 0 Å². The topological polar surface area (TPSA) is 72.2 Å². The molecule has 2 atom stereocenters. The Morgan fingerprint density at radius 1 is 1.37 bits per heavy atom. The van der Waals surface area contributed by atoms with Crippen LogP contribution in [0.15, 0.2) is 29.2 Å². The van der Waals surface area contributed by atoms with E-state index in [0.29, 0.717) is 4.90 Å². The predicted octanol–water partition coefficient (Wildman–Crippen LogP) is 2.30. The van der Waals surface area contributed by atoms with E-state index in [1.54, 1.807) is 19.1 Å². The molecule has 6 heteroatoms. The molecule has 0 aliphatic heterocycles. The molecule has 0 aromatic heterocycles. The third kappa shape index (κ3) is 4.40. The van der Waals surface area contributed by atoms with Crippen LogP contribution in [0.25, 0.3) is 0 Å². The minimum atomic E-state index is -1.45. The van der Waals surface area contributed by atoms with E-state index in [9.17, 15) is 14.3 Å². The van der Waals surface area contributed by atoms with Crippen LogP contribution in [0.5, 0.6) is 0 Å². The van der Waals surface area contributed by atoms with Crippen molar-refractivity contribution in [3.8, 4) is 0 Å². The molecule has 0 unspecified atom stereocenters. The van der Waals surface area contributed by atoms with Crippen molar-refractivity contribution in [2.45, 2.75) is 38.1 Å². The molecule has 106 valence electrons. The van der Waals surface area contributed by atoms with E-state index in [4.69, 9.17) is 0 Å². The number of nitrogens with zero attached hydrogens (tertiary/aromatic N) is 1. The summed E-state index contributed by atoms with van der Waals surface area (Å²) in [6.07, 6.45) is 0. The summed E-state index contributed by atoms with van der Waals surface area (Å²) in [6, 6.07) is 7.28. The minimum absolute atomic E-state index is 0.00713. The van der Waals surface area contributed by atoms with E-state index >= 15 is 0 Å². The van der Waals surface area contributed by atoms with E-state index in [0.717, 1.165) is 5.56 Å². The second-order valence-corrected chi connectivity index (χ2v) is 6.46. The average Bonchev–Trinajstić information content (AvgIpc) is 2.28. The lowest BCUT2D eigenvalue weighted by Gasteiger charge is -2.30. The third-order valence-electron chi connectivity index (χ3n) is 3.29. The van der Waals surface area contributed by atoms with E-state index < -0.39 is 16.5 Å². The van der Waals surface area contributed by atoms with Gasteiger partial charge in [-0.1, -0.05) is 31.5 Å². The van der Waals surface area contributed by atoms with Crippen molar-refractivity contribution in [3.63, 3.8) is 0 Å². The van der Waals surface area contributed by atoms with Gasteiger partial charge in [-0.2, -0.15) is 0 Å². The van der Waals surface area contributed by atoms with Gasteiger partial charge in [0.25, 0.3) is 0 Å². The van der Waals surface area contributed by atoms with Crippen LogP contribution >= 0.6 is 0 Å². The Bertz CT molecular complexity index is 473. The van der Waals surface area contributed by atoms with Gasteiger partial charge in [-0.3, -0.25) is 10.1 Å². The molecular formula is C13H20N2O3S. The monoisotopic (exact) mass is 284 g/mol. The number of hydrogen-bond donors (Lipinski definition) is 1. The van der Waals surface area contributed by atoms with Gasteiger partial charge in [0.05, 0.1) is 10.4 Å². The van der Waals surface area contributed by atoms with Gasteiger partial charge in [0.1, 0.15) is 11.0 Å². The number of nitro groups is 1. The van der Waals surface area contributed by atoms with Gasteiger partial charge in [0, 0.05) is 4.92 Å². The van der Waals surface area contributed by atoms with Gasteiger partial charge in [-0.05, 0) is 31.9 Å². The molecule has 0 saturated heterocycles. The van der Waals surface area contributed by atoms with Crippen LogP contribution in [0.3, 0.4) is 0 Å². The Hall–Kier alpha value is -1.27. The van der Waals surface area contributed by atoms with Crippen LogP contribution in [0, 0.1) is 23.0 Å². The summed E-state index contributed by atoms with van der Waals surface area (Å²) < 4.78 is 15.1. The molecule has 0 amide bonds. The van der Waals surface area contributed by atoms with Gasteiger partial charge in [-0.25, -0.2) is 8.93 Å². The Morgan fingerprint density at radius 3 is 2.32 bits per heavy atom. The zero-order valence-corrected chi connectivity index (χ0v) is 12.5. The quantitative estimate of drug-likeness (QED) is 0.643. The molecule has 0 heterocycles. The summed E-state index contributed by atoms with van der Waals surface area (Å²) in [6.45, 7) is 7.17. The fourth-order valence-corrected chi connectivity index (χ4v) is 2.76. The molecule has 1 aromatic rings. The van der Waals surface area contributed by atoms with Gasteiger partial charge >= 0.3 is 0 Å². The first kappa shape index (κ1) is 15.8. The standard InChI is InChI=1S/C13H20N2O3S/c1-10(2)13(4,9-15(16)17)14-19(18)12-7-5-11(3)6-8-12/h5-8,10,14H,9H2,1-4H3/t13-,19+/m1/s1. The molecule has 0 aliphatic rings. The summed E-state index contributed by atoms with van der Waals surface area (Å²) in [5.74, 6) is -0.00713. The predicted molar refractivity (Wildman–Crippen MR) is 75.8 cm³/mol. The minimum Gasteiger partial charge on any atom is -0.264 e. The van der Waals surface area contributed by atoms with E-state index in [1.807, 2.05) is 32.9 Å². The van der Waals surface area contributed by atoms with Crippen LogP contribution in [0.1, 0.15) is 26.3 Å². The molecule has 1 aromatic carbocycles. The van der Waals surface area contributed by atoms with E-state index in [-0.39, 0.29) is 17.4 Å². The van der Waals surface area contributed by atoms with Crippen molar-refractivity contribution in [2.75, 3.05) is 6.54 Å². The average molecular weight is 284 g/mol. The molecule has 0 radical (unpaired) electrons. The molecule has 5 nitrogen and oxygen atoms in total. The van der Waals surface area contributed by atoms with Crippen LogP contribution in [-0.2, 0) is 11.0 Å².